The molecule has 9 heteroatoms. The number of imide groups is 1. The third-order valence-electron chi connectivity index (χ3n) is 1.99. The van der Waals surface area contributed by atoms with Crippen LogP contribution in [-0.2, 0) is 4.79 Å². The average Bonchev–Trinajstić information content (AvgIpc) is 2.36. The summed E-state index contributed by atoms with van der Waals surface area (Å²) in [6.45, 7) is 1.06. The molecule has 0 atom stereocenters. The van der Waals surface area contributed by atoms with E-state index >= 15 is 0 Å². The Hall–Kier alpha value is -2.71. The number of aromatic nitrogens is 1. The molecule has 9 nitrogen and oxygen atoms in total. The summed E-state index contributed by atoms with van der Waals surface area (Å²) in [6, 6.07) is 2.16. The molecule has 1 aromatic heterocycles. The van der Waals surface area contributed by atoms with Gasteiger partial charge in [-0.25, -0.2) is 4.79 Å². The molecule has 0 aliphatic rings. The van der Waals surface area contributed by atoms with Gasteiger partial charge in [0.2, 0.25) is 5.75 Å². The molecule has 0 saturated carbocycles. The van der Waals surface area contributed by atoms with Crippen molar-refractivity contribution >= 4 is 17.8 Å². The predicted octanol–water partition coefficient (Wildman–Crippen LogP) is 0.133. The number of aryl methyl sites for hydroxylation is 1. The first-order chi connectivity index (χ1) is 8.93. The van der Waals surface area contributed by atoms with Crippen LogP contribution in [0.3, 0.4) is 0 Å². The molecule has 102 valence electrons. The fraction of sp³-hybridized carbons (Fsp3) is 0.300. The van der Waals surface area contributed by atoms with Crippen molar-refractivity contribution in [3.63, 3.8) is 0 Å². The molecular formula is C10H12N4O5. The molecule has 0 spiro atoms. The van der Waals surface area contributed by atoms with Gasteiger partial charge >= 0.3 is 11.8 Å². The van der Waals surface area contributed by atoms with E-state index in [1.165, 1.54) is 19.2 Å². The smallest absolute Gasteiger partial charge is 0.406 e. The van der Waals surface area contributed by atoms with Gasteiger partial charge in [-0.05, 0) is 22.0 Å². The van der Waals surface area contributed by atoms with Crippen LogP contribution in [0.25, 0.3) is 0 Å². The third-order valence-corrected chi connectivity index (χ3v) is 1.99. The van der Waals surface area contributed by atoms with Crippen molar-refractivity contribution in [3.8, 4) is 5.75 Å². The minimum absolute atomic E-state index is 0.136. The van der Waals surface area contributed by atoms with Crippen molar-refractivity contribution in [2.45, 2.75) is 6.92 Å². The Balaban J connectivity index is 2.70. The Bertz CT molecular complexity index is 517. The number of urea groups is 1. The zero-order valence-electron chi connectivity index (χ0n) is 10.3. The Morgan fingerprint density at radius 1 is 1.47 bits per heavy atom. The van der Waals surface area contributed by atoms with E-state index in [-0.39, 0.29) is 5.75 Å². The molecule has 0 bridgehead atoms. The number of pyridine rings is 1. The standard InChI is InChI=1S/C10H12N4O5/c1-6-3-4-7(9(12-6)14(17)18)19-5-8(15)13-10(16)11-2/h3-4H,5H2,1-2H3,(H2,11,13,15,16). The van der Waals surface area contributed by atoms with Crippen LogP contribution in [0.2, 0.25) is 0 Å². The summed E-state index contributed by atoms with van der Waals surface area (Å²) in [5.74, 6) is -1.34. The maximum atomic E-state index is 11.2. The highest BCUT2D eigenvalue weighted by Gasteiger charge is 2.18. The first-order valence-corrected chi connectivity index (χ1v) is 5.20. The first-order valence-electron chi connectivity index (χ1n) is 5.20. The molecule has 0 saturated heterocycles. The molecule has 1 heterocycles. The number of hydrogen-bond donors (Lipinski definition) is 2. The van der Waals surface area contributed by atoms with Crippen LogP contribution in [0.5, 0.6) is 5.75 Å². The number of ether oxygens (including phenoxy) is 1. The van der Waals surface area contributed by atoms with Crippen molar-refractivity contribution in [2.75, 3.05) is 13.7 Å². The summed E-state index contributed by atoms with van der Waals surface area (Å²) in [6.07, 6.45) is 0. The molecule has 1 aromatic rings. The average molecular weight is 268 g/mol. The highest BCUT2D eigenvalue weighted by atomic mass is 16.6. The van der Waals surface area contributed by atoms with Crippen LogP contribution in [0.4, 0.5) is 10.6 Å². The van der Waals surface area contributed by atoms with Crippen LogP contribution in [-0.4, -0.2) is 35.5 Å². The normalized spacial score (nSPS) is 9.58. The van der Waals surface area contributed by atoms with E-state index in [2.05, 4.69) is 10.3 Å². The molecule has 0 fully saturated rings. The molecule has 19 heavy (non-hydrogen) atoms. The van der Waals surface area contributed by atoms with Gasteiger partial charge in [-0.1, -0.05) is 0 Å². The molecular weight excluding hydrogens is 256 g/mol. The number of carbonyl (C=O) groups is 2. The second-order valence-electron chi connectivity index (χ2n) is 3.45. The van der Waals surface area contributed by atoms with Crippen LogP contribution in [0, 0.1) is 17.0 Å². The van der Waals surface area contributed by atoms with Crippen molar-refractivity contribution < 1.29 is 19.2 Å². The number of hydrogen-bond acceptors (Lipinski definition) is 6. The quantitative estimate of drug-likeness (QED) is 0.591. The van der Waals surface area contributed by atoms with E-state index in [1.807, 2.05) is 5.32 Å². The van der Waals surface area contributed by atoms with Crippen molar-refractivity contribution in [1.82, 2.24) is 15.6 Å². The Morgan fingerprint density at radius 2 is 2.16 bits per heavy atom. The van der Waals surface area contributed by atoms with Crippen LogP contribution < -0.4 is 15.4 Å². The fourth-order valence-corrected chi connectivity index (χ4v) is 1.14. The number of nitro groups is 1. The number of carbonyl (C=O) groups excluding carboxylic acids is 2. The molecule has 2 N–H and O–H groups in total. The maximum Gasteiger partial charge on any atom is 0.406 e. The lowest BCUT2D eigenvalue weighted by molar-refractivity contribution is -0.390. The van der Waals surface area contributed by atoms with Crippen molar-refractivity contribution in [2.24, 2.45) is 0 Å². The molecule has 3 amide bonds. The van der Waals surface area contributed by atoms with E-state index in [4.69, 9.17) is 4.74 Å². The van der Waals surface area contributed by atoms with E-state index in [9.17, 15) is 19.7 Å². The highest BCUT2D eigenvalue weighted by molar-refractivity contribution is 5.94. The first kappa shape index (κ1) is 14.4. The Morgan fingerprint density at radius 3 is 2.74 bits per heavy atom. The van der Waals surface area contributed by atoms with Gasteiger partial charge in [0.05, 0.1) is 0 Å². The highest BCUT2D eigenvalue weighted by Crippen LogP contribution is 2.24. The van der Waals surface area contributed by atoms with Crippen molar-refractivity contribution in [3.05, 3.63) is 27.9 Å². The van der Waals surface area contributed by atoms with Crippen LogP contribution >= 0.6 is 0 Å². The van der Waals surface area contributed by atoms with Crippen LogP contribution in [0.1, 0.15) is 5.69 Å². The second-order valence-corrected chi connectivity index (χ2v) is 3.45. The fourth-order valence-electron chi connectivity index (χ4n) is 1.14. The Kier molecular flexibility index (Phi) is 4.75. The zero-order valence-corrected chi connectivity index (χ0v) is 10.3. The summed E-state index contributed by atoms with van der Waals surface area (Å²) < 4.78 is 4.96. The lowest BCUT2D eigenvalue weighted by Gasteiger charge is -2.06. The number of rotatable bonds is 4. The molecule has 1 rings (SSSR count). The molecule has 0 aliphatic heterocycles. The molecule has 0 radical (unpaired) electrons. The van der Waals surface area contributed by atoms with Crippen LogP contribution in [0.15, 0.2) is 12.1 Å². The minimum atomic E-state index is -0.728. The topological polar surface area (TPSA) is 123 Å². The zero-order chi connectivity index (χ0) is 14.4. The summed E-state index contributed by atoms with van der Waals surface area (Å²) >= 11 is 0. The van der Waals surface area contributed by atoms with Crippen molar-refractivity contribution in [1.29, 1.82) is 0 Å². The van der Waals surface area contributed by atoms with Gasteiger partial charge in [0.25, 0.3) is 5.91 Å². The summed E-state index contributed by atoms with van der Waals surface area (Å²) in [7, 11) is 1.35. The van der Waals surface area contributed by atoms with Gasteiger partial charge in [0, 0.05) is 14.0 Å². The summed E-state index contributed by atoms with van der Waals surface area (Å²) in [4.78, 5) is 35.8. The van der Waals surface area contributed by atoms with Gasteiger partial charge in [-0.3, -0.25) is 10.1 Å². The van der Waals surface area contributed by atoms with E-state index in [0.717, 1.165) is 0 Å². The summed E-state index contributed by atoms with van der Waals surface area (Å²) in [5.41, 5.74) is 0.453. The van der Waals surface area contributed by atoms with Gasteiger partial charge in [0.15, 0.2) is 6.61 Å². The largest absolute Gasteiger partial charge is 0.476 e. The molecule has 0 unspecified atom stereocenters. The van der Waals surface area contributed by atoms with Gasteiger partial charge in [-0.15, -0.1) is 0 Å². The lowest BCUT2D eigenvalue weighted by atomic mass is 10.3. The second kappa shape index (κ2) is 6.28. The lowest BCUT2D eigenvalue weighted by Crippen LogP contribution is -2.40. The number of nitrogens with one attached hydrogen (secondary N) is 2. The minimum Gasteiger partial charge on any atom is -0.476 e. The summed E-state index contributed by atoms with van der Waals surface area (Å²) in [5, 5.41) is 14.9. The maximum absolute atomic E-state index is 11.2. The predicted molar refractivity (Wildman–Crippen MR) is 63.7 cm³/mol. The molecule has 0 aromatic carbocycles. The number of amides is 3. The van der Waals surface area contributed by atoms with Gasteiger partial charge < -0.3 is 20.2 Å². The van der Waals surface area contributed by atoms with Gasteiger partial charge in [-0.2, -0.15) is 0 Å². The van der Waals surface area contributed by atoms with E-state index in [0.29, 0.717) is 5.69 Å². The Labute approximate surface area is 108 Å². The third kappa shape index (κ3) is 4.22. The number of nitrogens with zero attached hydrogens (tertiary/aromatic N) is 2. The molecule has 0 aliphatic carbocycles. The van der Waals surface area contributed by atoms with E-state index in [1.54, 1.807) is 6.92 Å². The van der Waals surface area contributed by atoms with Gasteiger partial charge in [0.1, 0.15) is 5.69 Å². The van der Waals surface area contributed by atoms with E-state index < -0.39 is 29.3 Å². The monoisotopic (exact) mass is 268 g/mol. The SMILES string of the molecule is CNC(=O)NC(=O)COc1ccc(C)nc1[N+](=O)[O-].